The van der Waals surface area contributed by atoms with E-state index in [4.69, 9.17) is 5.11 Å². The third-order valence-corrected chi connectivity index (χ3v) is 4.81. The maximum absolute atomic E-state index is 12.2. The van der Waals surface area contributed by atoms with Crippen LogP contribution < -0.4 is 10.6 Å². The first kappa shape index (κ1) is 18.0. The third-order valence-electron chi connectivity index (χ3n) is 2.98. The smallest absolute Gasteiger partial charge is 0.315 e. The molecule has 0 spiro atoms. The fraction of sp³-hybridized carbons (Fsp3) is 0.429. The Kier molecular flexibility index (Phi) is 6.84. The Bertz CT molecular complexity index is 601. The predicted octanol–water partition coefficient (Wildman–Crippen LogP) is 1.01. The molecule has 7 nitrogen and oxygen atoms in total. The molecule has 0 aromatic heterocycles. The third kappa shape index (κ3) is 6.13. The second-order valence-corrected chi connectivity index (χ2v) is 6.78. The van der Waals surface area contributed by atoms with Gasteiger partial charge < -0.3 is 15.7 Å². The van der Waals surface area contributed by atoms with Crippen LogP contribution in [0.4, 0.5) is 4.79 Å². The van der Waals surface area contributed by atoms with Gasteiger partial charge in [0.05, 0.1) is 17.1 Å². The van der Waals surface area contributed by atoms with Gasteiger partial charge in [-0.25, -0.2) is 13.2 Å². The quantitative estimate of drug-likeness (QED) is 0.659. The number of carboxylic acids is 1. The number of rotatable bonds is 8. The molecular formula is C14H20N2O5S. The maximum Gasteiger partial charge on any atom is 0.315 e. The number of carbonyl (C=O) groups excluding carboxylic acids is 1. The number of sulfone groups is 1. The molecule has 2 amide bonds. The molecule has 1 rings (SSSR count). The molecule has 0 aliphatic rings. The minimum absolute atomic E-state index is 0.0109. The molecule has 0 aliphatic heterocycles. The van der Waals surface area contributed by atoms with Gasteiger partial charge in [0.15, 0.2) is 9.84 Å². The summed E-state index contributed by atoms with van der Waals surface area (Å²) in [5, 5.41) is 13.4. The van der Waals surface area contributed by atoms with Gasteiger partial charge in [-0.05, 0) is 18.6 Å². The number of hydrogen-bond acceptors (Lipinski definition) is 4. The van der Waals surface area contributed by atoms with Crippen LogP contribution in [0.25, 0.3) is 0 Å². The van der Waals surface area contributed by atoms with E-state index in [1.165, 1.54) is 12.1 Å². The average molecular weight is 328 g/mol. The van der Waals surface area contributed by atoms with Crippen LogP contribution in [0, 0.1) is 0 Å². The summed E-state index contributed by atoms with van der Waals surface area (Å²) in [7, 11) is -3.49. The highest BCUT2D eigenvalue weighted by atomic mass is 32.2. The van der Waals surface area contributed by atoms with Crippen molar-refractivity contribution in [2.24, 2.45) is 0 Å². The van der Waals surface area contributed by atoms with Crippen molar-refractivity contribution in [1.82, 2.24) is 10.6 Å². The summed E-state index contributed by atoms with van der Waals surface area (Å²) in [4.78, 5) is 22.2. The summed E-state index contributed by atoms with van der Waals surface area (Å²) in [5.41, 5.74) is 0. The molecule has 0 fully saturated rings. The molecule has 0 saturated heterocycles. The Balaban J connectivity index is 2.58. The number of nitrogens with one attached hydrogen (secondary N) is 2. The fourth-order valence-corrected chi connectivity index (χ4v) is 3.38. The van der Waals surface area contributed by atoms with Crippen molar-refractivity contribution in [1.29, 1.82) is 0 Å². The first-order valence-electron chi connectivity index (χ1n) is 6.89. The number of carboxylic acid groups (broad SMARTS) is 1. The molecule has 0 aliphatic carbocycles. The largest absolute Gasteiger partial charge is 0.481 e. The Morgan fingerprint density at radius 2 is 1.86 bits per heavy atom. The number of urea groups is 1. The molecule has 0 radical (unpaired) electrons. The lowest BCUT2D eigenvalue weighted by atomic mass is 10.3. The van der Waals surface area contributed by atoms with Crippen molar-refractivity contribution in [3.8, 4) is 0 Å². The molecule has 8 heteroatoms. The number of benzene rings is 1. The van der Waals surface area contributed by atoms with E-state index in [0.29, 0.717) is 6.42 Å². The van der Waals surface area contributed by atoms with Crippen LogP contribution in [0.5, 0.6) is 0 Å². The van der Waals surface area contributed by atoms with Gasteiger partial charge >= 0.3 is 12.0 Å². The van der Waals surface area contributed by atoms with Crippen molar-refractivity contribution in [3.63, 3.8) is 0 Å². The monoisotopic (exact) mass is 328 g/mol. The summed E-state index contributed by atoms with van der Waals surface area (Å²) in [6.45, 7) is 1.76. The summed E-state index contributed by atoms with van der Waals surface area (Å²) in [6, 6.07) is 6.90. The zero-order valence-electron chi connectivity index (χ0n) is 12.3. The van der Waals surface area contributed by atoms with E-state index in [-0.39, 0.29) is 23.6 Å². The summed E-state index contributed by atoms with van der Waals surface area (Å²) in [6.07, 6.45) is 0.255. The van der Waals surface area contributed by atoms with Gasteiger partial charge in [-0.2, -0.15) is 0 Å². The Morgan fingerprint density at radius 3 is 2.41 bits per heavy atom. The zero-order valence-corrected chi connectivity index (χ0v) is 13.1. The van der Waals surface area contributed by atoms with Crippen LogP contribution in [0.3, 0.4) is 0 Å². The first-order chi connectivity index (χ1) is 10.3. The van der Waals surface area contributed by atoms with Crippen LogP contribution in [-0.4, -0.2) is 43.9 Å². The van der Waals surface area contributed by atoms with Gasteiger partial charge in [-0.3, -0.25) is 4.79 Å². The minimum atomic E-state index is -3.49. The second kappa shape index (κ2) is 8.38. The summed E-state index contributed by atoms with van der Waals surface area (Å²) in [5.74, 6) is -1.22. The maximum atomic E-state index is 12.2. The van der Waals surface area contributed by atoms with Gasteiger partial charge in [0, 0.05) is 12.6 Å². The Labute approximate surface area is 129 Å². The molecule has 0 saturated carbocycles. The van der Waals surface area contributed by atoms with Gasteiger partial charge in [0.25, 0.3) is 0 Å². The van der Waals surface area contributed by atoms with E-state index in [0.717, 1.165) is 0 Å². The molecule has 1 aromatic rings. The Morgan fingerprint density at radius 1 is 1.23 bits per heavy atom. The van der Waals surface area contributed by atoms with Gasteiger partial charge in [0.2, 0.25) is 0 Å². The Hall–Kier alpha value is -2.09. The zero-order chi connectivity index (χ0) is 16.6. The standard InChI is InChI=1S/C14H20N2O5S/c1-2-11(16-14(19)15-9-8-13(17)18)10-22(20,21)12-6-4-3-5-7-12/h3-7,11H,2,8-10H2,1H3,(H,17,18)(H2,15,16,19). The van der Waals surface area contributed by atoms with Crippen LogP contribution in [0.15, 0.2) is 35.2 Å². The molecule has 22 heavy (non-hydrogen) atoms. The van der Waals surface area contributed by atoms with Gasteiger partial charge in [0.1, 0.15) is 0 Å². The highest BCUT2D eigenvalue weighted by molar-refractivity contribution is 7.91. The number of hydrogen-bond donors (Lipinski definition) is 3. The summed E-state index contributed by atoms with van der Waals surface area (Å²) >= 11 is 0. The molecule has 3 N–H and O–H groups in total. The normalized spacial score (nSPS) is 12.4. The predicted molar refractivity (Wildman–Crippen MR) is 81.4 cm³/mol. The van der Waals surface area contributed by atoms with Crippen LogP contribution >= 0.6 is 0 Å². The average Bonchev–Trinajstić information content (AvgIpc) is 2.46. The van der Waals surface area contributed by atoms with E-state index >= 15 is 0 Å². The minimum Gasteiger partial charge on any atom is -0.481 e. The number of aliphatic carboxylic acids is 1. The molecule has 0 bridgehead atoms. The van der Waals surface area contributed by atoms with E-state index in [2.05, 4.69) is 10.6 Å². The van der Waals surface area contributed by atoms with Gasteiger partial charge in [-0.1, -0.05) is 25.1 Å². The van der Waals surface area contributed by atoms with Crippen molar-refractivity contribution in [2.45, 2.75) is 30.7 Å². The van der Waals surface area contributed by atoms with Crippen molar-refractivity contribution < 1.29 is 23.1 Å². The fourth-order valence-electron chi connectivity index (χ4n) is 1.77. The lowest BCUT2D eigenvalue weighted by Crippen LogP contribution is -2.45. The van der Waals surface area contributed by atoms with Crippen LogP contribution in [-0.2, 0) is 14.6 Å². The molecule has 122 valence electrons. The van der Waals surface area contributed by atoms with E-state index in [9.17, 15) is 18.0 Å². The van der Waals surface area contributed by atoms with Crippen molar-refractivity contribution in [3.05, 3.63) is 30.3 Å². The number of carbonyl (C=O) groups is 2. The molecule has 1 unspecified atom stereocenters. The highest BCUT2D eigenvalue weighted by Gasteiger charge is 2.21. The van der Waals surface area contributed by atoms with Gasteiger partial charge in [-0.15, -0.1) is 0 Å². The SMILES string of the molecule is CCC(CS(=O)(=O)c1ccccc1)NC(=O)NCCC(=O)O. The number of amides is 2. The molecule has 0 heterocycles. The van der Waals surface area contributed by atoms with Crippen molar-refractivity contribution in [2.75, 3.05) is 12.3 Å². The first-order valence-corrected chi connectivity index (χ1v) is 8.54. The second-order valence-electron chi connectivity index (χ2n) is 4.74. The van der Waals surface area contributed by atoms with E-state index < -0.39 is 27.9 Å². The lowest BCUT2D eigenvalue weighted by Gasteiger charge is -2.17. The van der Waals surface area contributed by atoms with Crippen molar-refractivity contribution >= 4 is 21.8 Å². The van der Waals surface area contributed by atoms with E-state index in [1.54, 1.807) is 25.1 Å². The van der Waals surface area contributed by atoms with Crippen LogP contribution in [0.2, 0.25) is 0 Å². The molecule has 1 atom stereocenters. The topological polar surface area (TPSA) is 113 Å². The van der Waals surface area contributed by atoms with E-state index in [1.807, 2.05) is 0 Å². The highest BCUT2D eigenvalue weighted by Crippen LogP contribution is 2.12. The molecule has 1 aromatic carbocycles. The molecular weight excluding hydrogens is 308 g/mol. The summed E-state index contributed by atoms with van der Waals surface area (Å²) < 4.78 is 24.5. The lowest BCUT2D eigenvalue weighted by molar-refractivity contribution is -0.136. The van der Waals surface area contributed by atoms with Crippen LogP contribution in [0.1, 0.15) is 19.8 Å².